The Hall–Kier alpha value is -2.32. The van der Waals surface area contributed by atoms with Crippen molar-refractivity contribution in [1.29, 1.82) is 0 Å². The van der Waals surface area contributed by atoms with E-state index in [0.717, 1.165) is 0 Å². The smallest absolute Gasteiger partial charge is 0.343 e. The van der Waals surface area contributed by atoms with Gasteiger partial charge in [0.1, 0.15) is 6.20 Å². The van der Waals surface area contributed by atoms with Crippen LogP contribution in [0.25, 0.3) is 0 Å². The Morgan fingerprint density at radius 3 is 3.07 bits per heavy atom. The Bertz CT molecular complexity index is 474. The van der Waals surface area contributed by atoms with Gasteiger partial charge in [-0.3, -0.25) is 0 Å². The van der Waals surface area contributed by atoms with Crippen LogP contribution in [0.3, 0.4) is 0 Å². The average Bonchev–Trinajstić information content (AvgIpc) is 2.78. The summed E-state index contributed by atoms with van der Waals surface area (Å²) in [7, 11) is 0. The minimum Gasteiger partial charge on any atom is -0.358 e. The van der Waals surface area contributed by atoms with E-state index in [-0.39, 0.29) is 12.4 Å². The monoisotopic (exact) mass is 209 g/mol. The molecule has 2 aromatic rings. The maximum Gasteiger partial charge on any atom is 0.343 e. The van der Waals surface area contributed by atoms with Gasteiger partial charge in [0.25, 0.3) is 0 Å². The van der Waals surface area contributed by atoms with E-state index < -0.39 is 4.92 Å². The zero-order chi connectivity index (χ0) is 10.8. The van der Waals surface area contributed by atoms with Gasteiger partial charge in [0, 0.05) is 6.92 Å². The highest BCUT2D eigenvalue weighted by molar-refractivity contribution is 5.19. The number of imidazole rings is 1. The normalized spacial score (nSPS) is 10.5. The molecule has 9 heteroatoms. The second kappa shape index (κ2) is 3.44. The van der Waals surface area contributed by atoms with E-state index in [1.54, 1.807) is 6.92 Å². The third-order valence-electron chi connectivity index (χ3n) is 1.91. The predicted molar refractivity (Wildman–Crippen MR) is 46.9 cm³/mol. The molecule has 0 amide bonds. The van der Waals surface area contributed by atoms with Crippen molar-refractivity contribution in [2.75, 3.05) is 0 Å². The second-order valence-electron chi connectivity index (χ2n) is 2.83. The van der Waals surface area contributed by atoms with E-state index >= 15 is 0 Å². The number of nitro groups is 1. The number of tetrazole rings is 1. The molecule has 0 radical (unpaired) electrons. The molecule has 0 aromatic carbocycles. The molecule has 0 saturated heterocycles. The Labute approximate surface area is 83.3 Å². The van der Waals surface area contributed by atoms with Gasteiger partial charge in [-0.1, -0.05) is 5.21 Å². The zero-order valence-electron chi connectivity index (χ0n) is 7.78. The van der Waals surface area contributed by atoms with Gasteiger partial charge >= 0.3 is 5.82 Å². The van der Waals surface area contributed by atoms with E-state index in [2.05, 4.69) is 25.6 Å². The standard InChI is InChI=1S/C6H7N7O2/c1-4-7-2-6(13(14)15)12(4)3-5-8-10-11-9-5/h2H,3H2,1H3,(H,8,9,10,11). The maximum atomic E-state index is 10.6. The molecule has 0 bridgehead atoms. The topological polar surface area (TPSA) is 115 Å². The summed E-state index contributed by atoms with van der Waals surface area (Å²) in [5.41, 5.74) is 0. The highest BCUT2D eigenvalue weighted by Gasteiger charge is 2.18. The lowest BCUT2D eigenvalue weighted by Gasteiger charge is -1.98. The first kappa shape index (κ1) is 9.24. The van der Waals surface area contributed by atoms with Crippen molar-refractivity contribution in [3.05, 3.63) is 28.0 Å². The second-order valence-corrected chi connectivity index (χ2v) is 2.83. The van der Waals surface area contributed by atoms with E-state index in [1.807, 2.05) is 0 Å². The molecule has 0 fully saturated rings. The number of aromatic amines is 1. The Morgan fingerprint density at radius 2 is 2.47 bits per heavy atom. The van der Waals surface area contributed by atoms with Crippen molar-refractivity contribution >= 4 is 5.82 Å². The number of rotatable bonds is 3. The molecule has 0 aliphatic heterocycles. The molecule has 2 aromatic heterocycles. The summed E-state index contributed by atoms with van der Waals surface area (Å²) in [6.45, 7) is 1.85. The Balaban J connectivity index is 2.35. The van der Waals surface area contributed by atoms with Crippen LogP contribution in [0.2, 0.25) is 0 Å². The molecule has 0 atom stereocenters. The van der Waals surface area contributed by atoms with Crippen molar-refractivity contribution < 1.29 is 4.92 Å². The number of nitrogens with one attached hydrogen (secondary N) is 1. The van der Waals surface area contributed by atoms with Gasteiger partial charge < -0.3 is 10.1 Å². The van der Waals surface area contributed by atoms with Crippen LogP contribution in [0.1, 0.15) is 11.6 Å². The van der Waals surface area contributed by atoms with Gasteiger partial charge in [-0.05, 0) is 4.92 Å². The number of H-pyrrole nitrogens is 1. The molecule has 15 heavy (non-hydrogen) atoms. The van der Waals surface area contributed by atoms with Gasteiger partial charge in [0.2, 0.25) is 5.82 Å². The molecular formula is C6H7N7O2. The van der Waals surface area contributed by atoms with Crippen LogP contribution in [-0.2, 0) is 6.54 Å². The number of nitrogens with zero attached hydrogens (tertiary/aromatic N) is 6. The first-order valence-electron chi connectivity index (χ1n) is 4.07. The van der Waals surface area contributed by atoms with Gasteiger partial charge in [0.15, 0.2) is 12.4 Å². The van der Waals surface area contributed by atoms with Crippen molar-refractivity contribution in [2.24, 2.45) is 0 Å². The molecule has 2 heterocycles. The highest BCUT2D eigenvalue weighted by atomic mass is 16.6. The highest BCUT2D eigenvalue weighted by Crippen LogP contribution is 2.14. The summed E-state index contributed by atoms with van der Waals surface area (Å²) in [6, 6.07) is 0. The van der Waals surface area contributed by atoms with Crippen LogP contribution in [0.15, 0.2) is 6.20 Å². The summed E-state index contributed by atoms with van der Waals surface area (Å²) >= 11 is 0. The lowest BCUT2D eigenvalue weighted by atomic mass is 10.5. The summed E-state index contributed by atoms with van der Waals surface area (Å²) < 4.78 is 1.41. The fraction of sp³-hybridized carbons (Fsp3) is 0.333. The lowest BCUT2D eigenvalue weighted by molar-refractivity contribution is -0.392. The maximum absolute atomic E-state index is 10.6. The van der Waals surface area contributed by atoms with Crippen LogP contribution in [-0.4, -0.2) is 35.1 Å². The fourth-order valence-corrected chi connectivity index (χ4v) is 1.19. The van der Waals surface area contributed by atoms with Crippen LogP contribution in [0, 0.1) is 17.0 Å². The quantitative estimate of drug-likeness (QED) is 0.546. The van der Waals surface area contributed by atoms with E-state index in [9.17, 15) is 10.1 Å². The van der Waals surface area contributed by atoms with Crippen molar-refractivity contribution in [3.63, 3.8) is 0 Å². The number of hydrogen-bond donors (Lipinski definition) is 1. The molecule has 0 aliphatic carbocycles. The molecule has 1 N–H and O–H groups in total. The van der Waals surface area contributed by atoms with E-state index in [0.29, 0.717) is 11.6 Å². The number of aromatic nitrogens is 6. The average molecular weight is 209 g/mol. The summed E-state index contributed by atoms with van der Waals surface area (Å²) in [5, 5.41) is 23.7. The molecule has 0 spiro atoms. The molecule has 9 nitrogen and oxygen atoms in total. The van der Waals surface area contributed by atoms with Crippen LogP contribution >= 0.6 is 0 Å². The summed E-state index contributed by atoms with van der Waals surface area (Å²) in [5.74, 6) is 0.822. The molecule has 0 unspecified atom stereocenters. The predicted octanol–water partition coefficient (Wildman–Crippen LogP) is -0.339. The molecule has 78 valence electrons. The molecule has 2 rings (SSSR count). The first-order chi connectivity index (χ1) is 7.18. The third-order valence-corrected chi connectivity index (χ3v) is 1.91. The van der Waals surface area contributed by atoms with E-state index in [4.69, 9.17) is 0 Å². The van der Waals surface area contributed by atoms with Crippen molar-refractivity contribution in [1.82, 2.24) is 30.2 Å². The molecule has 0 aliphatic rings. The summed E-state index contributed by atoms with van der Waals surface area (Å²) in [4.78, 5) is 14.0. The number of aryl methyl sites for hydroxylation is 1. The van der Waals surface area contributed by atoms with Gasteiger partial charge in [-0.2, -0.15) is 5.21 Å². The van der Waals surface area contributed by atoms with Crippen molar-refractivity contribution in [2.45, 2.75) is 13.5 Å². The van der Waals surface area contributed by atoms with Gasteiger partial charge in [0.05, 0.1) is 0 Å². The SMILES string of the molecule is Cc1ncc([N+](=O)[O-])n1Cc1nn[nH]n1. The van der Waals surface area contributed by atoms with Gasteiger partial charge in [-0.25, -0.2) is 9.55 Å². The first-order valence-corrected chi connectivity index (χ1v) is 4.07. The number of hydrogen-bond acceptors (Lipinski definition) is 6. The largest absolute Gasteiger partial charge is 0.358 e. The van der Waals surface area contributed by atoms with E-state index in [1.165, 1.54) is 10.8 Å². The third kappa shape index (κ3) is 1.66. The van der Waals surface area contributed by atoms with Gasteiger partial charge in [-0.15, -0.1) is 10.2 Å². The molecular weight excluding hydrogens is 202 g/mol. The fourth-order valence-electron chi connectivity index (χ4n) is 1.19. The minimum absolute atomic E-state index is 0.0858. The van der Waals surface area contributed by atoms with Crippen LogP contribution < -0.4 is 0 Å². The summed E-state index contributed by atoms with van der Waals surface area (Å²) in [6.07, 6.45) is 1.20. The lowest BCUT2D eigenvalue weighted by Crippen LogP contribution is -2.07. The Morgan fingerprint density at radius 1 is 1.67 bits per heavy atom. The zero-order valence-corrected chi connectivity index (χ0v) is 7.78. The Kier molecular flexibility index (Phi) is 2.12. The minimum atomic E-state index is -0.500. The van der Waals surface area contributed by atoms with Crippen LogP contribution in [0.5, 0.6) is 0 Å². The van der Waals surface area contributed by atoms with Crippen molar-refractivity contribution in [3.8, 4) is 0 Å². The van der Waals surface area contributed by atoms with Crippen LogP contribution in [0.4, 0.5) is 5.82 Å². The molecule has 0 saturated carbocycles.